The Morgan fingerprint density at radius 3 is 1.32 bits per heavy atom. The summed E-state index contributed by atoms with van der Waals surface area (Å²) in [6, 6.07) is 29.3. The first-order chi connectivity index (χ1) is 38.6. The normalized spacial score (nSPS) is 13.8. The number of nitrogens with one attached hydrogen (secondary N) is 1. The molecule has 5 aromatic rings. The van der Waals surface area contributed by atoms with E-state index >= 15 is 0 Å². The van der Waals surface area contributed by atoms with Gasteiger partial charge in [-0.25, -0.2) is 0 Å². The van der Waals surface area contributed by atoms with Gasteiger partial charge in [0.25, 0.3) is 11.1 Å². The van der Waals surface area contributed by atoms with Crippen molar-refractivity contribution in [1.82, 2.24) is 24.9 Å². The summed E-state index contributed by atoms with van der Waals surface area (Å²) >= 11 is 40.6. The molecule has 3 aliphatic heterocycles. The van der Waals surface area contributed by atoms with Crippen molar-refractivity contribution in [2.24, 2.45) is 0 Å². The highest BCUT2D eigenvalue weighted by Crippen LogP contribution is 2.31. The van der Waals surface area contributed by atoms with Gasteiger partial charge in [0.15, 0.2) is 0 Å². The van der Waals surface area contributed by atoms with Crippen LogP contribution in [0, 0.1) is 20.8 Å². The molecule has 0 bridgehead atoms. The van der Waals surface area contributed by atoms with E-state index in [0.717, 1.165) is 60.3 Å². The lowest BCUT2D eigenvalue weighted by atomic mass is 10.2. The van der Waals surface area contributed by atoms with Gasteiger partial charge in [0.2, 0.25) is 35.4 Å². The molecule has 0 radical (unpaired) electrons. The maximum absolute atomic E-state index is 13.0. The van der Waals surface area contributed by atoms with E-state index in [1.165, 1.54) is 20.8 Å². The van der Waals surface area contributed by atoms with Gasteiger partial charge in [0, 0.05) is 59.8 Å². The Hall–Kier alpha value is -5.95. The van der Waals surface area contributed by atoms with Gasteiger partial charge >= 0.3 is 0 Å². The highest BCUT2D eigenvalue weighted by atomic mass is 35.5. The quantitative estimate of drug-likeness (QED) is 0.0573. The van der Waals surface area contributed by atoms with Crippen LogP contribution in [0.5, 0.6) is 0 Å². The van der Waals surface area contributed by atoms with Crippen LogP contribution in [0.15, 0.2) is 103 Å². The SMILES string of the molecule is CCCCN(CC(=O)N1CC(=O)N(c2cccc(Cl)c2C)C1)C(=O)c1cccc(Cl)c1.CCCCNCC(=O)N1CC(=O)N(c2cccc(Cl)c2C)C1.Cc1c(Cl)cccc1N1CN(C(=O)CCl)CC1=O.O=C(Cl)c1cccc(Cl)c1. The Morgan fingerprint density at radius 1 is 0.531 bits per heavy atom. The summed E-state index contributed by atoms with van der Waals surface area (Å²) in [4.78, 5) is 108. The fourth-order valence-electron chi connectivity index (χ4n) is 8.42. The Balaban J connectivity index is 0.000000211. The zero-order chi connectivity index (χ0) is 59.5. The van der Waals surface area contributed by atoms with Crippen LogP contribution < -0.4 is 20.0 Å². The molecule has 8 rings (SSSR count). The number of hydrogen-bond donors (Lipinski definition) is 1. The van der Waals surface area contributed by atoms with Crippen LogP contribution in [-0.4, -0.2) is 138 Å². The van der Waals surface area contributed by atoms with Gasteiger partial charge < -0.3 is 24.9 Å². The first kappa shape index (κ1) is 65.9. The van der Waals surface area contributed by atoms with Crippen LogP contribution >= 0.6 is 81.2 Å². The molecule has 3 heterocycles. The predicted molar refractivity (Wildman–Crippen MR) is 323 cm³/mol. The van der Waals surface area contributed by atoms with Crippen LogP contribution in [0.25, 0.3) is 0 Å². The van der Waals surface area contributed by atoms with Crippen LogP contribution in [0.2, 0.25) is 25.1 Å². The van der Waals surface area contributed by atoms with E-state index in [1.54, 1.807) is 92.4 Å². The largest absolute Gasteiger partial charge is 0.329 e. The first-order valence-electron chi connectivity index (χ1n) is 25.9. The molecule has 0 unspecified atom stereocenters. The van der Waals surface area contributed by atoms with E-state index in [-0.39, 0.29) is 100.0 Å². The monoisotopic (exact) mass is 1240 g/mol. The third kappa shape index (κ3) is 18.5. The Bertz CT molecular complexity index is 3100. The third-order valence-electron chi connectivity index (χ3n) is 13.1. The number of carbonyl (C=O) groups is 8. The zero-order valence-corrected chi connectivity index (χ0v) is 50.8. The molecule has 3 aliphatic rings. The smallest absolute Gasteiger partial charge is 0.254 e. The minimum atomic E-state index is -0.484. The van der Waals surface area contributed by atoms with E-state index in [4.69, 9.17) is 81.2 Å². The second-order valence-electron chi connectivity index (χ2n) is 18.9. The number of amides is 7. The fraction of sp³-hybridized carbons (Fsp3) is 0.345. The number of carbonyl (C=O) groups excluding carboxylic acids is 8. The van der Waals surface area contributed by atoms with Crippen molar-refractivity contribution in [2.45, 2.75) is 60.3 Å². The first-order valence-corrected chi connectivity index (χ1v) is 28.7. The predicted octanol–water partition coefficient (Wildman–Crippen LogP) is 11.3. The average Bonchev–Trinajstić information content (AvgIpc) is 4.16. The standard InChI is InChI=1S/C23H25Cl2N3O3.C16H22ClN3O2.C12H12Cl2N2O2.C7H4Cl2O/c1-3-4-11-26(23(31)17-7-5-8-18(24)12-17)13-21(29)27-14-22(30)28(15-27)20-10-6-9-19(25)16(20)2;1-3-4-8-18-9-15(21)19-10-16(22)20(11-19)14-7-5-6-13(17)12(14)2;1-8-9(14)3-2-4-10(8)16-7-15(6-12(16)18)11(17)5-13;8-6-3-1-2-5(4-6)7(9)10/h5-10,12H,3-4,11,13-15H2,1-2H3;5-7,18H,3-4,8-11H2,1-2H3;2-4H,5-7H2,1H3;1-4H. The molecule has 0 spiro atoms. The highest BCUT2D eigenvalue weighted by molar-refractivity contribution is 6.67. The summed E-state index contributed by atoms with van der Waals surface area (Å²) in [7, 11) is 0. The van der Waals surface area contributed by atoms with E-state index in [2.05, 4.69) is 12.2 Å². The second kappa shape index (κ2) is 32.0. The molecule has 16 nitrogen and oxygen atoms in total. The van der Waals surface area contributed by atoms with Gasteiger partial charge in [-0.15, -0.1) is 11.6 Å². The molecule has 0 atom stereocenters. The van der Waals surface area contributed by atoms with Crippen molar-refractivity contribution in [3.63, 3.8) is 0 Å². The number of alkyl halides is 1. The summed E-state index contributed by atoms with van der Waals surface area (Å²) in [5.74, 6) is -1.32. The molecule has 1 N–H and O–H groups in total. The summed E-state index contributed by atoms with van der Waals surface area (Å²) in [5, 5.41) is 5.39. The number of nitrogens with zero attached hydrogens (tertiary/aromatic N) is 7. The molecule has 23 heteroatoms. The Kier molecular flexibility index (Phi) is 26.1. The molecule has 0 aliphatic carbocycles. The molecule has 0 saturated carbocycles. The summed E-state index contributed by atoms with van der Waals surface area (Å²) in [5.41, 5.74) is 5.52. The Labute approximate surface area is 507 Å². The minimum absolute atomic E-state index is 0.0300. The number of halogens is 7. The number of benzene rings is 5. The highest BCUT2D eigenvalue weighted by Gasteiger charge is 2.36. The van der Waals surface area contributed by atoms with Crippen molar-refractivity contribution in [3.8, 4) is 0 Å². The van der Waals surface area contributed by atoms with Crippen LogP contribution in [0.3, 0.4) is 0 Å². The van der Waals surface area contributed by atoms with E-state index in [1.807, 2.05) is 52.0 Å². The van der Waals surface area contributed by atoms with Gasteiger partial charge in [-0.2, -0.15) is 0 Å². The average molecular weight is 1250 g/mol. The lowest BCUT2D eigenvalue weighted by Gasteiger charge is -2.25. The lowest BCUT2D eigenvalue weighted by Crippen LogP contribution is -2.43. The topological polar surface area (TPSA) is 171 Å². The maximum atomic E-state index is 13.0. The second-order valence-corrected chi connectivity index (χ2v) is 21.6. The molecular weight excluding hydrogens is 1180 g/mol. The van der Waals surface area contributed by atoms with E-state index in [9.17, 15) is 38.4 Å². The van der Waals surface area contributed by atoms with Gasteiger partial charge in [-0.3, -0.25) is 53.1 Å². The number of unbranched alkanes of at least 4 members (excludes halogenated alkanes) is 2. The molecule has 432 valence electrons. The van der Waals surface area contributed by atoms with Gasteiger partial charge in [0.1, 0.15) is 52.1 Å². The van der Waals surface area contributed by atoms with Crippen LogP contribution in [0.1, 0.15) is 76.9 Å². The fourth-order valence-corrected chi connectivity index (χ4v) is 9.59. The molecule has 5 aromatic carbocycles. The van der Waals surface area contributed by atoms with Crippen molar-refractivity contribution in [2.75, 3.05) is 86.4 Å². The van der Waals surface area contributed by atoms with Gasteiger partial charge in [-0.1, -0.05) is 115 Å². The minimum Gasteiger partial charge on any atom is -0.329 e. The summed E-state index contributed by atoms with van der Waals surface area (Å²) in [6.07, 6.45) is 3.79. The number of anilines is 3. The van der Waals surface area contributed by atoms with Crippen molar-refractivity contribution >= 4 is 145 Å². The molecule has 3 saturated heterocycles. The number of rotatable bonds is 16. The molecule has 7 amide bonds. The van der Waals surface area contributed by atoms with E-state index < -0.39 is 5.24 Å². The lowest BCUT2D eigenvalue weighted by molar-refractivity contribution is -0.132. The van der Waals surface area contributed by atoms with Crippen molar-refractivity contribution < 1.29 is 38.4 Å². The molecule has 3 fully saturated rings. The molecule has 0 aromatic heterocycles. The summed E-state index contributed by atoms with van der Waals surface area (Å²) < 4.78 is 0. The molecule has 81 heavy (non-hydrogen) atoms. The third-order valence-corrected chi connectivity index (χ3v) is 15.2. The zero-order valence-electron chi connectivity index (χ0n) is 45.5. The maximum Gasteiger partial charge on any atom is 0.254 e. The summed E-state index contributed by atoms with van der Waals surface area (Å²) in [6.45, 7) is 11.9. The molecular formula is C58H63Cl7N8O8. The van der Waals surface area contributed by atoms with Gasteiger partial charge in [-0.05, 0) is 141 Å². The van der Waals surface area contributed by atoms with Crippen LogP contribution in [-0.2, 0) is 28.8 Å². The number of hydrogen-bond acceptors (Lipinski definition) is 9. The Morgan fingerprint density at radius 2 is 0.926 bits per heavy atom. The van der Waals surface area contributed by atoms with Crippen LogP contribution in [0.4, 0.5) is 17.1 Å². The van der Waals surface area contributed by atoms with Gasteiger partial charge in [0.05, 0.1) is 6.54 Å². The van der Waals surface area contributed by atoms with E-state index in [0.29, 0.717) is 48.5 Å². The van der Waals surface area contributed by atoms with Crippen molar-refractivity contribution in [3.05, 3.63) is 156 Å². The van der Waals surface area contributed by atoms with Crippen molar-refractivity contribution in [1.29, 1.82) is 0 Å².